The minimum absolute atomic E-state index is 0.132. The summed E-state index contributed by atoms with van der Waals surface area (Å²) in [6.45, 7) is 0.472. The van der Waals surface area contributed by atoms with Crippen LogP contribution in [0.5, 0.6) is 0 Å². The van der Waals surface area contributed by atoms with Crippen LogP contribution in [0.4, 0.5) is 0 Å². The highest BCUT2D eigenvalue weighted by Gasteiger charge is 2.35. The molecule has 1 aliphatic heterocycles. The monoisotopic (exact) mass is 278 g/mol. The number of ether oxygens (including phenoxy) is 1. The number of likely N-dealkylation sites (tertiary alicyclic amines) is 1. The van der Waals surface area contributed by atoms with Crippen molar-refractivity contribution in [2.24, 2.45) is 0 Å². The predicted molar refractivity (Wildman–Crippen MR) is 67.3 cm³/mol. The molecule has 0 bridgehead atoms. The van der Waals surface area contributed by atoms with E-state index in [2.05, 4.69) is 9.72 Å². The van der Waals surface area contributed by atoms with Crippen LogP contribution < -0.4 is 0 Å². The van der Waals surface area contributed by atoms with E-state index < -0.39 is 18.0 Å². The van der Waals surface area contributed by atoms with Crippen molar-refractivity contribution < 1.29 is 24.2 Å². The van der Waals surface area contributed by atoms with Crippen molar-refractivity contribution in [3.63, 3.8) is 0 Å². The Labute approximate surface area is 115 Å². The van der Waals surface area contributed by atoms with Gasteiger partial charge in [0.2, 0.25) is 0 Å². The number of hydrogen-bond donors (Lipinski definition) is 1. The molecule has 1 amide bonds. The molecule has 1 N–H and O–H groups in total. The number of carbonyl (C=O) groups excluding carboxylic acids is 2. The van der Waals surface area contributed by atoms with Gasteiger partial charge in [0.1, 0.15) is 11.7 Å². The molecule has 1 atom stereocenters. The van der Waals surface area contributed by atoms with Crippen molar-refractivity contribution in [2.45, 2.75) is 18.9 Å². The number of pyridine rings is 1. The summed E-state index contributed by atoms with van der Waals surface area (Å²) >= 11 is 0. The molecule has 1 unspecified atom stereocenters. The fourth-order valence-electron chi connectivity index (χ4n) is 2.20. The van der Waals surface area contributed by atoms with Gasteiger partial charge in [-0.15, -0.1) is 0 Å². The molecule has 2 rings (SSSR count). The van der Waals surface area contributed by atoms with Crippen LogP contribution in [0.1, 0.15) is 33.7 Å². The number of hydrogen-bond acceptors (Lipinski definition) is 5. The first-order chi connectivity index (χ1) is 9.54. The molecule has 0 saturated carbocycles. The van der Waals surface area contributed by atoms with Gasteiger partial charge in [0, 0.05) is 12.7 Å². The number of methoxy groups -OCH3 is 1. The van der Waals surface area contributed by atoms with E-state index >= 15 is 0 Å². The molecule has 1 aliphatic rings. The molecule has 1 saturated heterocycles. The smallest absolute Gasteiger partial charge is 0.354 e. The summed E-state index contributed by atoms with van der Waals surface area (Å²) in [4.78, 5) is 39.7. The summed E-state index contributed by atoms with van der Waals surface area (Å²) in [5.74, 6) is -1.94. The van der Waals surface area contributed by atoms with Crippen LogP contribution >= 0.6 is 0 Å². The number of rotatable bonds is 3. The van der Waals surface area contributed by atoms with Crippen molar-refractivity contribution in [1.82, 2.24) is 9.88 Å². The molecule has 106 valence electrons. The molecule has 1 fully saturated rings. The van der Waals surface area contributed by atoms with E-state index in [4.69, 9.17) is 5.11 Å². The summed E-state index contributed by atoms with van der Waals surface area (Å²) in [6.07, 6.45) is 2.50. The van der Waals surface area contributed by atoms with Gasteiger partial charge in [-0.3, -0.25) is 4.79 Å². The Bertz CT molecular complexity index is 540. The average Bonchev–Trinajstić information content (AvgIpc) is 2.95. The maximum atomic E-state index is 12.3. The Morgan fingerprint density at radius 2 is 2.15 bits per heavy atom. The Morgan fingerprint density at radius 1 is 1.40 bits per heavy atom. The molecule has 1 aromatic heterocycles. The highest BCUT2D eigenvalue weighted by Crippen LogP contribution is 2.21. The number of carbonyl (C=O) groups is 3. The van der Waals surface area contributed by atoms with Crippen molar-refractivity contribution in [1.29, 1.82) is 0 Å². The topological polar surface area (TPSA) is 96.8 Å². The Hall–Kier alpha value is -2.44. The standard InChI is InChI=1S/C13H14N2O5/c1-20-13(19)10-3-2-6-15(10)11(16)8-4-5-9(12(17)18)14-7-8/h4-5,7,10H,2-3,6H2,1H3,(H,17,18). The van der Waals surface area contributed by atoms with E-state index in [1.807, 2.05) is 0 Å². The molecule has 7 heteroatoms. The van der Waals surface area contributed by atoms with Gasteiger partial charge in [-0.25, -0.2) is 14.6 Å². The quantitative estimate of drug-likeness (QED) is 0.811. The number of esters is 1. The first-order valence-electron chi connectivity index (χ1n) is 6.12. The van der Waals surface area contributed by atoms with E-state index in [1.54, 1.807) is 0 Å². The van der Waals surface area contributed by atoms with Gasteiger partial charge in [-0.2, -0.15) is 0 Å². The normalized spacial score (nSPS) is 17.9. The van der Waals surface area contributed by atoms with Gasteiger partial charge in [0.05, 0.1) is 12.7 Å². The van der Waals surface area contributed by atoms with Crippen LogP contribution in [0.25, 0.3) is 0 Å². The molecule has 0 spiro atoms. The number of aromatic carboxylic acids is 1. The lowest BCUT2D eigenvalue weighted by Crippen LogP contribution is -2.41. The summed E-state index contributed by atoms with van der Waals surface area (Å²) < 4.78 is 4.67. The van der Waals surface area contributed by atoms with E-state index in [0.717, 1.165) is 6.42 Å². The largest absolute Gasteiger partial charge is 0.477 e. The fourth-order valence-corrected chi connectivity index (χ4v) is 2.20. The van der Waals surface area contributed by atoms with Crippen molar-refractivity contribution in [3.8, 4) is 0 Å². The lowest BCUT2D eigenvalue weighted by molar-refractivity contribution is -0.145. The van der Waals surface area contributed by atoms with E-state index in [-0.39, 0.29) is 17.2 Å². The van der Waals surface area contributed by atoms with Crippen LogP contribution in [0.15, 0.2) is 18.3 Å². The third kappa shape index (κ3) is 2.61. The molecule has 0 radical (unpaired) electrons. The summed E-state index contributed by atoms with van der Waals surface area (Å²) in [7, 11) is 1.28. The highest BCUT2D eigenvalue weighted by atomic mass is 16.5. The van der Waals surface area contributed by atoms with Crippen molar-refractivity contribution in [2.75, 3.05) is 13.7 Å². The minimum Gasteiger partial charge on any atom is -0.477 e. The Kier molecular flexibility index (Phi) is 3.97. The molecular formula is C13H14N2O5. The van der Waals surface area contributed by atoms with Gasteiger partial charge in [0.25, 0.3) is 5.91 Å². The van der Waals surface area contributed by atoms with Gasteiger partial charge in [-0.1, -0.05) is 0 Å². The predicted octanol–water partition coefficient (Wildman–Crippen LogP) is 0.557. The number of amides is 1. The van der Waals surface area contributed by atoms with Gasteiger partial charge < -0.3 is 14.7 Å². The summed E-state index contributed by atoms with van der Waals surface area (Å²) in [5, 5.41) is 8.75. The van der Waals surface area contributed by atoms with Crippen LogP contribution in [-0.4, -0.2) is 52.5 Å². The number of aromatic nitrogens is 1. The van der Waals surface area contributed by atoms with E-state index in [1.165, 1.54) is 30.3 Å². The second-order valence-electron chi connectivity index (χ2n) is 4.42. The van der Waals surface area contributed by atoms with Crippen molar-refractivity contribution in [3.05, 3.63) is 29.6 Å². The van der Waals surface area contributed by atoms with Gasteiger partial charge in [0.15, 0.2) is 0 Å². The average molecular weight is 278 g/mol. The molecule has 1 aromatic rings. The fraction of sp³-hybridized carbons (Fsp3) is 0.385. The van der Waals surface area contributed by atoms with E-state index in [0.29, 0.717) is 13.0 Å². The number of carboxylic acids is 1. The van der Waals surface area contributed by atoms with Crippen LogP contribution in [-0.2, 0) is 9.53 Å². The molecule has 7 nitrogen and oxygen atoms in total. The van der Waals surface area contributed by atoms with Gasteiger partial charge >= 0.3 is 11.9 Å². The first-order valence-corrected chi connectivity index (χ1v) is 6.12. The van der Waals surface area contributed by atoms with Gasteiger partial charge in [-0.05, 0) is 25.0 Å². The second kappa shape index (κ2) is 5.68. The zero-order valence-electron chi connectivity index (χ0n) is 10.9. The van der Waals surface area contributed by atoms with Crippen LogP contribution in [0, 0.1) is 0 Å². The Balaban J connectivity index is 2.18. The molecule has 20 heavy (non-hydrogen) atoms. The second-order valence-corrected chi connectivity index (χ2v) is 4.42. The van der Waals surface area contributed by atoms with Crippen molar-refractivity contribution >= 4 is 17.8 Å². The SMILES string of the molecule is COC(=O)C1CCCN1C(=O)c1ccc(C(=O)O)nc1. The minimum atomic E-state index is -1.15. The maximum absolute atomic E-state index is 12.3. The lowest BCUT2D eigenvalue weighted by atomic mass is 10.2. The maximum Gasteiger partial charge on any atom is 0.354 e. The first kappa shape index (κ1) is 14.0. The number of carboxylic acid groups (broad SMARTS) is 1. The zero-order chi connectivity index (χ0) is 14.7. The molecular weight excluding hydrogens is 264 g/mol. The molecule has 0 aromatic carbocycles. The van der Waals surface area contributed by atoms with E-state index in [9.17, 15) is 14.4 Å². The summed E-state index contributed by atoms with van der Waals surface area (Å²) in [5.41, 5.74) is 0.123. The van der Waals surface area contributed by atoms with Crippen LogP contribution in [0.3, 0.4) is 0 Å². The summed E-state index contributed by atoms with van der Waals surface area (Å²) in [6, 6.07) is 2.08. The third-order valence-electron chi connectivity index (χ3n) is 3.22. The number of nitrogens with zero attached hydrogens (tertiary/aromatic N) is 2. The zero-order valence-corrected chi connectivity index (χ0v) is 10.9. The molecule has 0 aliphatic carbocycles. The Morgan fingerprint density at radius 3 is 2.70 bits per heavy atom. The van der Waals surface area contributed by atoms with Crippen LogP contribution in [0.2, 0.25) is 0 Å². The molecule has 2 heterocycles. The highest BCUT2D eigenvalue weighted by molar-refractivity contribution is 5.97. The lowest BCUT2D eigenvalue weighted by Gasteiger charge is -2.22. The third-order valence-corrected chi connectivity index (χ3v) is 3.22.